The van der Waals surface area contributed by atoms with Gasteiger partial charge in [-0.2, -0.15) is 0 Å². The minimum absolute atomic E-state index is 0.0717. The van der Waals surface area contributed by atoms with Crippen molar-refractivity contribution in [3.63, 3.8) is 0 Å². The number of rotatable bonds is 6. The molecule has 1 aliphatic heterocycles. The Bertz CT molecular complexity index is 1200. The number of Topliss-reactive ketones (excluding diaryl/α,β-unsaturated/α-hetero) is 1. The Balaban J connectivity index is 1.63. The van der Waals surface area contributed by atoms with Crippen molar-refractivity contribution in [2.24, 2.45) is 0 Å². The second kappa shape index (κ2) is 8.23. The Kier molecular flexibility index (Phi) is 5.48. The molecule has 4 N–H and O–H groups in total. The van der Waals surface area contributed by atoms with Gasteiger partial charge in [-0.3, -0.25) is 14.4 Å². The molecule has 31 heavy (non-hydrogen) atoms. The van der Waals surface area contributed by atoms with Gasteiger partial charge < -0.3 is 20.9 Å². The number of benzene rings is 2. The van der Waals surface area contributed by atoms with Gasteiger partial charge in [0.25, 0.3) is 11.8 Å². The van der Waals surface area contributed by atoms with E-state index in [1.54, 1.807) is 50.4 Å². The molecule has 0 bridgehead atoms. The summed E-state index contributed by atoms with van der Waals surface area (Å²) in [5, 5.41) is 9.08. The van der Waals surface area contributed by atoms with Crippen LogP contribution in [-0.4, -0.2) is 41.2 Å². The summed E-state index contributed by atoms with van der Waals surface area (Å²) < 4.78 is 0. The molecule has 3 aromatic rings. The predicted octanol–water partition coefficient (Wildman–Crippen LogP) is 2.94. The van der Waals surface area contributed by atoms with E-state index in [4.69, 9.17) is 11.6 Å². The maximum atomic E-state index is 12.5. The maximum Gasteiger partial charge on any atom is 0.269 e. The molecule has 1 aliphatic rings. The number of aromatic amines is 1. The Labute approximate surface area is 183 Å². The molecule has 4 rings (SSSR count). The number of carbonyl (C=O) groups excluding carboxylic acids is 3. The van der Waals surface area contributed by atoms with E-state index in [2.05, 4.69) is 25.9 Å². The number of nitrogens with zero attached hydrogens (tertiary/aromatic N) is 1. The molecule has 0 fully saturated rings. The quantitative estimate of drug-likeness (QED) is 0.442. The van der Waals surface area contributed by atoms with Gasteiger partial charge in [0.15, 0.2) is 5.78 Å². The predicted molar refractivity (Wildman–Crippen MR) is 118 cm³/mol. The van der Waals surface area contributed by atoms with Crippen LogP contribution in [0.5, 0.6) is 0 Å². The number of aryl methyl sites for hydroxylation is 1. The van der Waals surface area contributed by atoms with Crippen molar-refractivity contribution in [2.45, 2.75) is 13.5 Å². The van der Waals surface area contributed by atoms with E-state index < -0.39 is 0 Å². The summed E-state index contributed by atoms with van der Waals surface area (Å²) in [6.45, 7) is 2.13. The van der Waals surface area contributed by atoms with Crippen LogP contribution in [0.3, 0.4) is 0 Å². The van der Waals surface area contributed by atoms with Crippen molar-refractivity contribution in [2.75, 3.05) is 18.9 Å². The van der Waals surface area contributed by atoms with Crippen LogP contribution in [0.15, 0.2) is 36.4 Å². The summed E-state index contributed by atoms with van der Waals surface area (Å²) in [5.74, 6) is -0.165. The van der Waals surface area contributed by atoms with E-state index in [1.165, 1.54) is 0 Å². The number of carbonyl (C=O) groups is 3. The molecule has 0 unspecified atom stereocenters. The fraction of sp³-hybridized carbons (Fsp3) is 0.182. The Morgan fingerprint density at radius 2 is 1.90 bits per heavy atom. The highest BCUT2D eigenvalue weighted by molar-refractivity contribution is 6.30. The first-order chi connectivity index (χ1) is 14.9. The van der Waals surface area contributed by atoms with E-state index in [1.807, 2.05) is 0 Å². The molecule has 9 heteroatoms. The monoisotopic (exact) mass is 437 g/mol. The van der Waals surface area contributed by atoms with Crippen molar-refractivity contribution in [1.29, 1.82) is 0 Å². The van der Waals surface area contributed by atoms with Crippen LogP contribution < -0.4 is 16.0 Å². The Morgan fingerprint density at radius 3 is 2.61 bits per heavy atom. The number of imidazole rings is 1. The zero-order valence-corrected chi connectivity index (χ0v) is 17.7. The molecule has 2 aromatic carbocycles. The highest BCUT2D eigenvalue weighted by Crippen LogP contribution is 2.33. The molecule has 8 nitrogen and oxygen atoms in total. The summed E-state index contributed by atoms with van der Waals surface area (Å²) in [5.41, 5.74) is 3.94. The first-order valence-corrected chi connectivity index (χ1v) is 10.0. The molecule has 158 valence electrons. The van der Waals surface area contributed by atoms with E-state index in [0.29, 0.717) is 51.2 Å². The van der Waals surface area contributed by atoms with E-state index in [-0.39, 0.29) is 24.1 Å². The Morgan fingerprint density at radius 1 is 1.16 bits per heavy atom. The molecule has 0 radical (unpaired) electrons. The molecule has 0 spiro atoms. The fourth-order valence-corrected chi connectivity index (χ4v) is 3.68. The van der Waals surface area contributed by atoms with Crippen molar-refractivity contribution < 1.29 is 14.4 Å². The molecule has 2 heterocycles. The minimum atomic E-state index is -0.281. The van der Waals surface area contributed by atoms with Gasteiger partial charge in [0.1, 0.15) is 11.5 Å². The number of hydrogen-bond donors (Lipinski definition) is 4. The standard InChI is InChI=1S/C22H20ClN5O3/c1-11-19(22(31)24-2)28-20(27-11)14-7-8-16(15-9-26-21(30)18(14)15)25-10-17(29)12-3-5-13(23)6-4-12/h3-8,25H,9-10H2,1-2H3,(H,24,31)(H,26,30)(H,27,28). The highest BCUT2D eigenvalue weighted by atomic mass is 35.5. The lowest BCUT2D eigenvalue weighted by Gasteiger charge is -2.12. The van der Waals surface area contributed by atoms with Gasteiger partial charge in [-0.05, 0) is 43.3 Å². The second-order valence-electron chi connectivity index (χ2n) is 7.11. The van der Waals surface area contributed by atoms with Gasteiger partial charge >= 0.3 is 0 Å². The summed E-state index contributed by atoms with van der Waals surface area (Å²) >= 11 is 5.87. The molecular weight excluding hydrogens is 418 g/mol. The van der Waals surface area contributed by atoms with E-state index in [9.17, 15) is 14.4 Å². The molecule has 0 saturated heterocycles. The molecular formula is C22H20ClN5O3. The van der Waals surface area contributed by atoms with Gasteiger partial charge in [0, 0.05) is 41.0 Å². The number of fused-ring (bicyclic) bond motifs is 1. The number of hydrogen-bond acceptors (Lipinski definition) is 5. The van der Waals surface area contributed by atoms with Gasteiger partial charge in [-0.25, -0.2) is 4.98 Å². The van der Waals surface area contributed by atoms with Gasteiger partial charge in [0.05, 0.1) is 17.8 Å². The first kappa shape index (κ1) is 20.6. The van der Waals surface area contributed by atoms with Crippen LogP contribution in [0.1, 0.15) is 42.5 Å². The lowest BCUT2D eigenvalue weighted by atomic mass is 10.00. The summed E-state index contributed by atoms with van der Waals surface area (Å²) in [6.07, 6.45) is 0. The van der Waals surface area contributed by atoms with Crippen LogP contribution in [0, 0.1) is 6.92 Å². The topological polar surface area (TPSA) is 116 Å². The third-order valence-electron chi connectivity index (χ3n) is 5.17. The number of nitrogens with one attached hydrogen (secondary N) is 4. The van der Waals surface area contributed by atoms with Gasteiger partial charge in [-0.1, -0.05) is 11.6 Å². The van der Waals surface area contributed by atoms with Crippen LogP contribution in [-0.2, 0) is 6.54 Å². The van der Waals surface area contributed by atoms with Crippen molar-refractivity contribution in [1.82, 2.24) is 20.6 Å². The number of ketones is 1. The summed E-state index contributed by atoms with van der Waals surface area (Å²) in [6, 6.07) is 10.2. The largest absolute Gasteiger partial charge is 0.377 e. The molecule has 0 saturated carbocycles. The maximum absolute atomic E-state index is 12.5. The average molecular weight is 438 g/mol. The average Bonchev–Trinajstić information content (AvgIpc) is 3.35. The van der Waals surface area contributed by atoms with Crippen molar-refractivity contribution in [3.05, 3.63) is 69.5 Å². The molecule has 0 atom stereocenters. The van der Waals surface area contributed by atoms with Crippen LogP contribution in [0.2, 0.25) is 5.02 Å². The number of aromatic nitrogens is 2. The van der Waals surface area contributed by atoms with Crippen LogP contribution >= 0.6 is 11.6 Å². The lowest BCUT2D eigenvalue weighted by Crippen LogP contribution is -2.19. The smallest absolute Gasteiger partial charge is 0.269 e. The van der Waals surface area contributed by atoms with Crippen molar-refractivity contribution >= 4 is 34.9 Å². The third-order valence-corrected chi connectivity index (χ3v) is 5.42. The normalized spacial score (nSPS) is 12.3. The lowest BCUT2D eigenvalue weighted by molar-refractivity contribution is 0.0953. The molecule has 0 aliphatic carbocycles. The minimum Gasteiger partial charge on any atom is -0.377 e. The zero-order chi connectivity index (χ0) is 22.1. The van der Waals surface area contributed by atoms with Crippen molar-refractivity contribution in [3.8, 4) is 11.4 Å². The summed E-state index contributed by atoms with van der Waals surface area (Å²) in [4.78, 5) is 44.5. The number of H-pyrrole nitrogens is 1. The van der Waals surface area contributed by atoms with Crippen LogP contribution in [0.4, 0.5) is 5.69 Å². The molecule has 1 aromatic heterocycles. The first-order valence-electron chi connectivity index (χ1n) is 9.64. The highest BCUT2D eigenvalue weighted by Gasteiger charge is 2.28. The number of anilines is 1. The third kappa shape index (κ3) is 3.89. The summed E-state index contributed by atoms with van der Waals surface area (Å²) in [7, 11) is 1.54. The SMILES string of the molecule is CNC(=O)c1[nH]c(-c2ccc(NCC(=O)c3ccc(Cl)cc3)c3c2C(=O)NC3)nc1C. The van der Waals surface area contributed by atoms with Gasteiger partial charge in [-0.15, -0.1) is 0 Å². The fourth-order valence-electron chi connectivity index (χ4n) is 3.56. The Hall–Kier alpha value is -3.65. The van der Waals surface area contributed by atoms with E-state index in [0.717, 1.165) is 5.56 Å². The van der Waals surface area contributed by atoms with Gasteiger partial charge in [0.2, 0.25) is 0 Å². The number of amides is 2. The van der Waals surface area contributed by atoms with Crippen LogP contribution in [0.25, 0.3) is 11.4 Å². The molecule has 2 amide bonds. The van der Waals surface area contributed by atoms with E-state index >= 15 is 0 Å². The number of halogens is 1. The zero-order valence-electron chi connectivity index (χ0n) is 16.9. The second-order valence-corrected chi connectivity index (χ2v) is 7.54.